The quantitative estimate of drug-likeness (QED) is 0.614. The zero-order valence-electron chi connectivity index (χ0n) is 14.5. The zero-order chi connectivity index (χ0) is 17.5. The summed E-state index contributed by atoms with van der Waals surface area (Å²) in [5.41, 5.74) is 1.13. The molecule has 1 aromatic carbocycles. The number of rotatable bonds is 9. The first kappa shape index (κ1) is 22.8. The Morgan fingerprint density at radius 1 is 1.29 bits per heavy atom. The van der Waals surface area contributed by atoms with Gasteiger partial charge < -0.3 is 15.0 Å². The lowest BCUT2D eigenvalue weighted by Gasteiger charge is -2.18. The molecule has 1 aromatic rings. The molecule has 1 amide bonds. The zero-order valence-corrected chi connectivity index (χ0v) is 16.1. The second-order valence-electron chi connectivity index (χ2n) is 5.20. The third-order valence-corrected chi connectivity index (χ3v) is 4.85. The molecular formula is C15H26ClN3O4S. The van der Waals surface area contributed by atoms with Crippen molar-refractivity contribution in [2.45, 2.75) is 11.8 Å². The number of nitrogens with zero attached hydrogens (tertiary/aromatic N) is 1. The second-order valence-corrected chi connectivity index (χ2v) is 6.96. The van der Waals surface area contributed by atoms with Gasteiger partial charge in [0.1, 0.15) is 0 Å². The summed E-state index contributed by atoms with van der Waals surface area (Å²) in [4.78, 5) is 14.1. The molecule has 0 fully saturated rings. The van der Waals surface area contributed by atoms with E-state index < -0.39 is 10.0 Å². The van der Waals surface area contributed by atoms with Crippen LogP contribution in [0.4, 0.5) is 0 Å². The van der Waals surface area contributed by atoms with E-state index in [1.54, 1.807) is 24.9 Å². The molecule has 0 aliphatic rings. The van der Waals surface area contributed by atoms with Crippen molar-refractivity contribution in [3.63, 3.8) is 0 Å². The van der Waals surface area contributed by atoms with E-state index in [4.69, 9.17) is 4.74 Å². The third kappa shape index (κ3) is 6.37. The lowest BCUT2D eigenvalue weighted by Crippen LogP contribution is -2.33. The first-order chi connectivity index (χ1) is 10.8. The molecule has 0 aliphatic heterocycles. The molecule has 7 nitrogen and oxygen atoms in total. The Hall–Kier alpha value is -1.19. The summed E-state index contributed by atoms with van der Waals surface area (Å²) in [5, 5.41) is 2.97. The van der Waals surface area contributed by atoms with Crippen LogP contribution < -0.4 is 10.0 Å². The van der Waals surface area contributed by atoms with Crippen LogP contribution in [0.3, 0.4) is 0 Å². The van der Waals surface area contributed by atoms with E-state index in [1.165, 1.54) is 19.2 Å². The second kappa shape index (κ2) is 10.6. The predicted molar refractivity (Wildman–Crippen MR) is 96.4 cm³/mol. The summed E-state index contributed by atoms with van der Waals surface area (Å²) < 4.78 is 31.7. The van der Waals surface area contributed by atoms with Gasteiger partial charge in [-0.3, -0.25) is 4.79 Å². The normalized spacial score (nSPS) is 11.0. The van der Waals surface area contributed by atoms with Crippen LogP contribution in [0.2, 0.25) is 0 Å². The monoisotopic (exact) mass is 379 g/mol. The van der Waals surface area contributed by atoms with Crippen molar-refractivity contribution in [2.24, 2.45) is 0 Å². The number of hydrogen-bond donors (Lipinski definition) is 2. The fourth-order valence-electron chi connectivity index (χ4n) is 1.95. The van der Waals surface area contributed by atoms with E-state index in [1.807, 2.05) is 7.05 Å². The summed E-state index contributed by atoms with van der Waals surface area (Å²) in [7, 11) is 1.34. The molecule has 0 radical (unpaired) electrons. The molecule has 0 aliphatic carbocycles. The van der Waals surface area contributed by atoms with Crippen molar-refractivity contribution >= 4 is 28.3 Å². The number of likely N-dealkylation sites (N-methyl/N-ethyl adjacent to an activating group) is 2. The average Bonchev–Trinajstić information content (AvgIpc) is 2.52. The SMILES string of the molecule is CNCCN(C)C(=O)c1cc(S(=O)(=O)NCCOC)ccc1C.Cl. The number of sulfonamides is 1. The van der Waals surface area contributed by atoms with Gasteiger partial charge >= 0.3 is 0 Å². The average molecular weight is 380 g/mol. The number of carbonyl (C=O) groups is 1. The molecule has 0 spiro atoms. The van der Waals surface area contributed by atoms with Gasteiger partial charge in [0.05, 0.1) is 11.5 Å². The molecule has 0 saturated heterocycles. The number of methoxy groups -OCH3 is 1. The molecule has 138 valence electrons. The van der Waals surface area contributed by atoms with E-state index in [0.29, 0.717) is 18.7 Å². The van der Waals surface area contributed by atoms with Crippen molar-refractivity contribution in [3.8, 4) is 0 Å². The highest BCUT2D eigenvalue weighted by Crippen LogP contribution is 2.17. The highest BCUT2D eigenvalue weighted by atomic mass is 35.5. The lowest BCUT2D eigenvalue weighted by molar-refractivity contribution is 0.0796. The summed E-state index contributed by atoms with van der Waals surface area (Å²) in [6, 6.07) is 4.56. The number of hydrogen-bond acceptors (Lipinski definition) is 5. The number of halogens is 1. The van der Waals surface area contributed by atoms with Crippen LogP contribution in [0.25, 0.3) is 0 Å². The molecule has 9 heteroatoms. The fourth-order valence-corrected chi connectivity index (χ4v) is 2.99. The van der Waals surface area contributed by atoms with Crippen LogP contribution in [0.5, 0.6) is 0 Å². The van der Waals surface area contributed by atoms with E-state index >= 15 is 0 Å². The summed E-state index contributed by atoms with van der Waals surface area (Å²) >= 11 is 0. The molecule has 2 N–H and O–H groups in total. The van der Waals surface area contributed by atoms with Crippen LogP contribution in [0.1, 0.15) is 15.9 Å². The molecule has 0 aromatic heterocycles. The Kier molecular flexibility index (Phi) is 10.1. The van der Waals surface area contributed by atoms with Gasteiger partial charge in [-0.2, -0.15) is 0 Å². The van der Waals surface area contributed by atoms with Crippen molar-refractivity contribution < 1.29 is 17.9 Å². The van der Waals surface area contributed by atoms with Crippen molar-refractivity contribution in [3.05, 3.63) is 29.3 Å². The fraction of sp³-hybridized carbons (Fsp3) is 0.533. The van der Waals surface area contributed by atoms with E-state index in [2.05, 4.69) is 10.0 Å². The van der Waals surface area contributed by atoms with Crippen LogP contribution in [0.15, 0.2) is 23.1 Å². The Labute approximate surface area is 150 Å². The molecular weight excluding hydrogens is 354 g/mol. The van der Waals surface area contributed by atoms with E-state index in [9.17, 15) is 13.2 Å². The molecule has 1 rings (SSSR count). The molecule has 0 heterocycles. The minimum absolute atomic E-state index is 0. The van der Waals surface area contributed by atoms with Crippen LogP contribution in [-0.4, -0.2) is 66.7 Å². The Morgan fingerprint density at radius 2 is 1.96 bits per heavy atom. The smallest absolute Gasteiger partial charge is 0.253 e. The Morgan fingerprint density at radius 3 is 2.54 bits per heavy atom. The van der Waals surface area contributed by atoms with Gasteiger partial charge in [0.25, 0.3) is 5.91 Å². The number of amides is 1. The van der Waals surface area contributed by atoms with E-state index in [0.717, 1.165) is 5.56 Å². The summed E-state index contributed by atoms with van der Waals surface area (Å²) in [6.45, 7) is 3.45. The highest BCUT2D eigenvalue weighted by Gasteiger charge is 2.19. The van der Waals surface area contributed by atoms with Gasteiger partial charge in [-0.25, -0.2) is 13.1 Å². The van der Waals surface area contributed by atoms with Gasteiger partial charge in [-0.05, 0) is 31.7 Å². The topological polar surface area (TPSA) is 87.7 Å². The van der Waals surface area contributed by atoms with Gasteiger partial charge in [-0.15, -0.1) is 12.4 Å². The first-order valence-corrected chi connectivity index (χ1v) is 8.81. The van der Waals surface area contributed by atoms with Crippen molar-refractivity contribution in [2.75, 3.05) is 47.4 Å². The first-order valence-electron chi connectivity index (χ1n) is 7.32. The molecule has 0 atom stereocenters. The minimum atomic E-state index is -3.66. The minimum Gasteiger partial charge on any atom is -0.383 e. The van der Waals surface area contributed by atoms with Crippen molar-refractivity contribution in [1.82, 2.24) is 14.9 Å². The molecule has 0 saturated carbocycles. The lowest BCUT2D eigenvalue weighted by atomic mass is 10.1. The maximum Gasteiger partial charge on any atom is 0.253 e. The number of benzene rings is 1. The van der Waals surface area contributed by atoms with Gasteiger partial charge in [-0.1, -0.05) is 6.07 Å². The third-order valence-electron chi connectivity index (χ3n) is 3.39. The molecule has 0 bridgehead atoms. The van der Waals surface area contributed by atoms with E-state index in [-0.39, 0.29) is 36.4 Å². The van der Waals surface area contributed by atoms with Crippen LogP contribution in [0, 0.1) is 6.92 Å². The predicted octanol–water partition coefficient (Wildman–Crippen LogP) is 0.633. The van der Waals surface area contributed by atoms with Gasteiger partial charge in [0.15, 0.2) is 0 Å². The summed E-state index contributed by atoms with van der Waals surface area (Å²) in [5.74, 6) is -0.202. The maximum absolute atomic E-state index is 12.5. The van der Waals surface area contributed by atoms with Gasteiger partial charge in [0, 0.05) is 39.4 Å². The Balaban J connectivity index is 0.00000529. The number of ether oxygens (including phenoxy) is 1. The highest BCUT2D eigenvalue weighted by molar-refractivity contribution is 7.89. The molecule has 0 unspecified atom stereocenters. The number of aryl methyl sites for hydroxylation is 1. The van der Waals surface area contributed by atoms with Crippen LogP contribution in [-0.2, 0) is 14.8 Å². The summed E-state index contributed by atoms with van der Waals surface area (Å²) in [6.07, 6.45) is 0. The maximum atomic E-state index is 12.5. The Bertz CT molecular complexity index is 638. The molecule has 24 heavy (non-hydrogen) atoms. The number of carbonyl (C=O) groups excluding carboxylic acids is 1. The van der Waals surface area contributed by atoms with Crippen molar-refractivity contribution in [1.29, 1.82) is 0 Å². The largest absolute Gasteiger partial charge is 0.383 e. The van der Waals surface area contributed by atoms with Crippen LogP contribution >= 0.6 is 12.4 Å². The standard InChI is InChI=1S/C15H25N3O4S.ClH/c1-12-5-6-13(23(20,21)17-8-10-22-4)11-14(12)15(19)18(3)9-7-16-2;/h5-6,11,16-17H,7-10H2,1-4H3;1H. The number of nitrogens with one attached hydrogen (secondary N) is 2. The van der Waals surface area contributed by atoms with Gasteiger partial charge in [0.2, 0.25) is 10.0 Å².